The van der Waals surface area contributed by atoms with Crippen molar-refractivity contribution >= 4 is 5.91 Å². The molecular formula is C17H16F3NO3. The fourth-order valence-corrected chi connectivity index (χ4v) is 2.09. The highest BCUT2D eigenvalue weighted by Crippen LogP contribution is 2.19. The SMILES string of the molecule is Cc1ccc(F)c(C(=O)NCC(O)c2ccc(OC(F)F)cc2)c1. The lowest BCUT2D eigenvalue weighted by Gasteiger charge is -2.13. The largest absolute Gasteiger partial charge is 0.435 e. The number of carbonyl (C=O) groups excluding carboxylic acids is 1. The summed E-state index contributed by atoms with van der Waals surface area (Å²) in [7, 11) is 0. The van der Waals surface area contributed by atoms with Crippen LogP contribution in [-0.4, -0.2) is 24.2 Å². The number of alkyl halides is 2. The standard InChI is InChI=1S/C17H16F3NO3/c1-10-2-7-14(18)13(8-10)16(23)21-9-15(22)11-3-5-12(6-4-11)24-17(19)20/h2-8,15,17,22H,9H2,1H3,(H,21,23). The van der Waals surface area contributed by atoms with Crippen molar-refractivity contribution in [2.24, 2.45) is 0 Å². The molecule has 128 valence electrons. The van der Waals surface area contributed by atoms with Crippen LogP contribution in [0.1, 0.15) is 27.6 Å². The summed E-state index contributed by atoms with van der Waals surface area (Å²) in [5, 5.41) is 12.4. The van der Waals surface area contributed by atoms with Gasteiger partial charge in [-0.2, -0.15) is 8.78 Å². The molecule has 2 N–H and O–H groups in total. The molecule has 24 heavy (non-hydrogen) atoms. The molecule has 0 saturated carbocycles. The minimum absolute atomic E-state index is 0.0354. The van der Waals surface area contributed by atoms with Gasteiger partial charge in [0, 0.05) is 6.54 Å². The molecule has 2 aromatic rings. The highest BCUT2D eigenvalue weighted by Gasteiger charge is 2.14. The Hall–Kier alpha value is -2.54. The summed E-state index contributed by atoms with van der Waals surface area (Å²) in [5.74, 6) is -1.33. The van der Waals surface area contributed by atoms with E-state index in [1.165, 1.54) is 36.4 Å². The lowest BCUT2D eigenvalue weighted by atomic mass is 10.1. The maximum atomic E-state index is 13.6. The molecule has 0 aromatic heterocycles. The zero-order valence-electron chi connectivity index (χ0n) is 12.8. The molecule has 1 atom stereocenters. The molecule has 0 bridgehead atoms. The Balaban J connectivity index is 1.96. The second-order valence-electron chi connectivity index (χ2n) is 5.16. The molecule has 0 saturated heterocycles. The van der Waals surface area contributed by atoms with Crippen LogP contribution in [0.5, 0.6) is 5.75 Å². The van der Waals surface area contributed by atoms with Crippen LogP contribution < -0.4 is 10.1 Å². The first-order valence-electron chi connectivity index (χ1n) is 7.14. The monoisotopic (exact) mass is 339 g/mol. The van der Waals surface area contributed by atoms with Crippen molar-refractivity contribution in [1.29, 1.82) is 0 Å². The van der Waals surface area contributed by atoms with Crippen LogP contribution in [0.2, 0.25) is 0 Å². The summed E-state index contributed by atoms with van der Waals surface area (Å²) < 4.78 is 41.9. The molecule has 0 aliphatic heterocycles. The highest BCUT2D eigenvalue weighted by atomic mass is 19.3. The Bertz CT molecular complexity index is 705. The molecule has 0 aliphatic carbocycles. The Labute approximate surface area is 136 Å². The molecule has 0 aliphatic rings. The molecule has 0 fully saturated rings. The van der Waals surface area contributed by atoms with Gasteiger partial charge in [-0.1, -0.05) is 23.8 Å². The van der Waals surface area contributed by atoms with Crippen molar-refractivity contribution in [1.82, 2.24) is 5.32 Å². The van der Waals surface area contributed by atoms with Gasteiger partial charge >= 0.3 is 6.61 Å². The maximum absolute atomic E-state index is 13.6. The van der Waals surface area contributed by atoms with Gasteiger partial charge in [0.1, 0.15) is 11.6 Å². The first kappa shape index (κ1) is 17.8. The number of halogens is 3. The minimum Gasteiger partial charge on any atom is -0.435 e. The fourth-order valence-electron chi connectivity index (χ4n) is 2.09. The van der Waals surface area contributed by atoms with Gasteiger partial charge < -0.3 is 15.2 Å². The van der Waals surface area contributed by atoms with Gasteiger partial charge in [-0.15, -0.1) is 0 Å². The van der Waals surface area contributed by atoms with Crippen LogP contribution in [0.15, 0.2) is 42.5 Å². The van der Waals surface area contributed by atoms with Gasteiger partial charge in [-0.05, 0) is 36.8 Å². The lowest BCUT2D eigenvalue weighted by molar-refractivity contribution is -0.0498. The third-order valence-electron chi connectivity index (χ3n) is 3.31. The molecule has 2 rings (SSSR count). The fraction of sp³-hybridized carbons (Fsp3) is 0.235. The molecular weight excluding hydrogens is 323 g/mol. The van der Waals surface area contributed by atoms with E-state index < -0.39 is 24.4 Å². The third-order valence-corrected chi connectivity index (χ3v) is 3.31. The summed E-state index contributed by atoms with van der Waals surface area (Å²) >= 11 is 0. The summed E-state index contributed by atoms with van der Waals surface area (Å²) in [5.41, 5.74) is 1.03. The van der Waals surface area contributed by atoms with Gasteiger partial charge in [0.2, 0.25) is 0 Å². The highest BCUT2D eigenvalue weighted by molar-refractivity contribution is 5.94. The molecule has 0 spiro atoms. The van der Waals surface area contributed by atoms with E-state index in [1.807, 2.05) is 0 Å². The van der Waals surface area contributed by atoms with Gasteiger partial charge in [-0.3, -0.25) is 4.79 Å². The summed E-state index contributed by atoms with van der Waals surface area (Å²) in [4.78, 5) is 12.0. The molecule has 0 radical (unpaired) electrons. The lowest BCUT2D eigenvalue weighted by Crippen LogP contribution is -2.29. The molecule has 1 unspecified atom stereocenters. The van der Waals surface area contributed by atoms with Crippen molar-refractivity contribution in [2.75, 3.05) is 6.54 Å². The van der Waals surface area contributed by atoms with Crippen molar-refractivity contribution in [3.8, 4) is 5.75 Å². The van der Waals surface area contributed by atoms with Crippen molar-refractivity contribution in [3.63, 3.8) is 0 Å². The molecule has 2 aromatic carbocycles. The third kappa shape index (κ3) is 4.73. The Morgan fingerprint density at radius 3 is 2.50 bits per heavy atom. The Morgan fingerprint density at radius 2 is 1.88 bits per heavy atom. The van der Waals surface area contributed by atoms with E-state index in [-0.39, 0.29) is 17.9 Å². The number of hydrogen-bond acceptors (Lipinski definition) is 3. The summed E-state index contributed by atoms with van der Waals surface area (Å²) in [6.45, 7) is -1.35. The molecule has 1 amide bonds. The number of amides is 1. The average molecular weight is 339 g/mol. The van der Waals surface area contributed by atoms with Crippen molar-refractivity contribution < 1.29 is 27.8 Å². The first-order valence-corrected chi connectivity index (χ1v) is 7.14. The topological polar surface area (TPSA) is 58.6 Å². The van der Waals surface area contributed by atoms with E-state index in [0.717, 1.165) is 5.56 Å². The van der Waals surface area contributed by atoms with E-state index in [0.29, 0.717) is 5.56 Å². The van der Waals surface area contributed by atoms with Crippen LogP contribution in [0.25, 0.3) is 0 Å². The number of aliphatic hydroxyl groups is 1. The Morgan fingerprint density at radius 1 is 1.21 bits per heavy atom. The van der Waals surface area contributed by atoms with Crippen LogP contribution in [0, 0.1) is 12.7 Å². The van der Waals surface area contributed by atoms with E-state index in [2.05, 4.69) is 10.1 Å². The van der Waals surface area contributed by atoms with Crippen LogP contribution >= 0.6 is 0 Å². The zero-order chi connectivity index (χ0) is 17.7. The molecule has 7 heteroatoms. The predicted octanol–water partition coefficient (Wildman–Crippen LogP) is 3.20. The zero-order valence-corrected chi connectivity index (χ0v) is 12.8. The van der Waals surface area contributed by atoms with Crippen LogP contribution in [0.3, 0.4) is 0 Å². The molecule has 4 nitrogen and oxygen atoms in total. The van der Waals surface area contributed by atoms with Gasteiger partial charge in [0.25, 0.3) is 5.91 Å². The number of aryl methyl sites for hydroxylation is 1. The number of benzene rings is 2. The molecule has 0 heterocycles. The number of rotatable bonds is 6. The quantitative estimate of drug-likeness (QED) is 0.850. The van der Waals surface area contributed by atoms with Gasteiger partial charge in [0.05, 0.1) is 11.7 Å². The normalized spacial score (nSPS) is 12.1. The summed E-state index contributed by atoms with van der Waals surface area (Å²) in [6, 6.07) is 9.53. The smallest absolute Gasteiger partial charge is 0.387 e. The van der Waals surface area contributed by atoms with E-state index >= 15 is 0 Å². The number of aliphatic hydroxyl groups excluding tert-OH is 1. The first-order chi connectivity index (χ1) is 11.4. The van der Waals surface area contributed by atoms with E-state index in [1.54, 1.807) is 13.0 Å². The maximum Gasteiger partial charge on any atom is 0.387 e. The van der Waals surface area contributed by atoms with Gasteiger partial charge in [-0.25, -0.2) is 4.39 Å². The van der Waals surface area contributed by atoms with Crippen molar-refractivity contribution in [3.05, 3.63) is 65.0 Å². The number of carbonyl (C=O) groups is 1. The second-order valence-corrected chi connectivity index (χ2v) is 5.16. The van der Waals surface area contributed by atoms with Crippen molar-refractivity contribution in [2.45, 2.75) is 19.6 Å². The minimum atomic E-state index is -2.93. The van der Waals surface area contributed by atoms with Crippen LogP contribution in [0.4, 0.5) is 13.2 Å². The second kappa shape index (κ2) is 7.83. The van der Waals surface area contributed by atoms with Gasteiger partial charge in [0.15, 0.2) is 0 Å². The Kier molecular flexibility index (Phi) is 5.81. The number of hydrogen-bond donors (Lipinski definition) is 2. The van der Waals surface area contributed by atoms with Crippen LogP contribution in [-0.2, 0) is 0 Å². The average Bonchev–Trinajstić information content (AvgIpc) is 2.54. The predicted molar refractivity (Wildman–Crippen MR) is 81.5 cm³/mol. The number of ether oxygens (including phenoxy) is 1. The van der Waals surface area contributed by atoms with E-state index in [9.17, 15) is 23.1 Å². The summed E-state index contributed by atoms with van der Waals surface area (Å²) in [6.07, 6.45) is -1.07. The number of nitrogens with one attached hydrogen (secondary N) is 1. The van der Waals surface area contributed by atoms with E-state index in [4.69, 9.17) is 0 Å².